The topological polar surface area (TPSA) is 27.1 Å². The number of imidazole rings is 1. The van der Waals surface area contributed by atoms with Crippen molar-refractivity contribution in [3.8, 4) is 28.4 Å². The highest BCUT2D eigenvalue weighted by atomic mass is 19.4. The molecule has 6 heteroatoms. The molecule has 0 saturated heterocycles. The Morgan fingerprint density at radius 1 is 0.913 bits per heavy atom. The zero-order valence-corrected chi connectivity index (χ0v) is 12.2. The first-order chi connectivity index (χ1) is 11.0. The standard InChI is InChI=1S/C17H13F3N2O/c1-23-14-9-7-13(8-10-14)16-21-15(11-22(16)17(18,19)20)12-5-3-2-4-6-12/h2-11H,1H3. The van der Waals surface area contributed by atoms with Gasteiger partial charge in [-0.2, -0.15) is 0 Å². The van der Waals surface area contributed by atoms with E-state index in [9.17, 15) is 13.2 Å². The summed E-state index contributed by atoms with van der Waals surface area (Å²) >= 11 is 0. The Hall–Kier alpha value is -2.76. The number of hydrogen-bond donors (Lipinski definition) is 0. The average Bonchev–Trinajstić information content (AvgIpc) is 3.01. The summed E-state index contributed by atoms with van der Waals surface area (Å²) in [6.07, 6.45) is -3.54. The van der Waals surface area contributed by atoms with Gasteiger partial charge in [0.15, 0.2) is 0 Å². The zero-order valence-electron chi connectivity index (χ0n) is 12.2. The van der Waals surface area contributed by atoms with E-state index in [0.717, 1.165) is 6.20 Å². The molecule has 118 valence electrons. The molecule has 23 heavy (non-hydrogen) atoms. The van der Waals surface area contributed by atoms with Gasteiger partial charge in [-0.15, -0.1) is 13.2 Å². The van der Waals surface area contributed by atoms with Crippen molar-refractivity contribution < 1.29 is 17.9 Å². The van der Waals surface area contributed by atoms with Gasteiger partial charge in [0.05, 0.1) is 12.8 Å². The number of hydrogen-bond acceptors (Lipinski definition) is 2. The second kappa shape index (κ2) is 5.79. The van der Waals surface area contributed by atoms with Crippen molar-refractivity contribution in [1.29, 1.82) is 0 Å². The van der Waals surface area contributed by atoms with Crippen LogP contribution in [-0.4, -0.2) is 16.7 Å². The van der Waals surface area contributed by atoms with Gasteiger partial charge in [0.1, 0.15) is 11.6 Å². The third kappa shape index (κ3) is 3.06. The second-order valence-electron chi connectivity index (χ2n) is 4.88. The van der Waals surface area contributed by atoms with Crippen molar-refractivity contribution in [3.05, 3.63) is 60.8 Å². The van der Waals surface area contributed by atoms with Crippen LogP contribution in [0.5, 0.6) is 5.75 Å². The molecule has 3 rings (SSSR count). The summed E-state index contributed by atoms with van der Waals surface area (Å²) in [5.41, 5.74) is 1.27. The Morgan fingerprint density at radius 2 is 1.57 bits per heavy atom. The van der Waals surface area contributed by atoms with Crippen LogP contribution >= 0.6 is 0 Å². The van der Waals surface area contributed by atoms with Crippen molar-refractivity contribution in [2.45, 2.75) is 6.30 Å². The molecule has 1 heterocycles. The molecule has 0 spiro atoms. The molecule has 0 radical (unpaired) electrons. The third-order valence-electron chi connectivity index (χ3n) is 3.40. The van der Waals surface area contributed by atoms with Crippen LogP contribution in [-0.2, 0) is 6.30 Å². The van der Waals surface area contributed by atoms with Gasteiger partial charge < -0.3 is 4.74 Å². The van der Waals surface area contributed by atoms with Gasteiger partial charge in [-0.1, -0.05) is 30.3 Å². The van der Waals surface area contributed by atoms with E-state index in [1.165, 1.54) is 7.11 Å². The minimum atomic E-state index is -4.55. The first kappa shape index (κ1) is 15.1. The quantitative estimate of drug-likeness (QED) is 0.700. The Labute approximate surface area is 131 Å². The summed E-state index contributed by atoms with van der Waals surface area (Å²) in [6.45, 7) is 0. The lowest BCUT2D eigenvalue weighted by Gasteiger charge is -2.11. The average molecular weight is 318 g/mol. The first-order valence-corrected chi connectivity index (χ1v) is 6.85. The van der Waals surface area contributed by atoms with E-state index < -0.39 is 6.30 Å². The minimum absolute atomic E-state index is 0.154. The highest BCUT2D eigenvalue weighted by Crippen LogP contribution is 2.33. The number of alkyl halides is 3. The lowest BCUT2D eigenvalue weighted by molar-refractivity contribution is -0.202. The van der Waals surface area contributed by atoms with Crippen molar-refractivity contribution >= 4 is 0 Å². The largest absolute Gasteiger partial charge is 0.497 e. The summed E-state index contributed by atoms with van der Waals surface area (Å²) < 4.78 is 45.2. The summed E-state index contributed by atoms with van der Waals surface area (Å²) in [5, 5.41) is 0. The van der Waals surface area contributed by atoms with Crippen LogP contribution in [0.2, 0.25) is 0 Å². The van der Waals surface area contributed by atoms with Crippen LogP contribution < -0.4 is 4.74 Å². The first-order valence-electron chi connectivity index (χ1n) is 6.85. The molecule has 0 atom stereocenters. The Balaban J connectivity index is 2.12. The highest BCUT2D eigenvalue weighted by Gasteiger charge is 2.34. The lowest BCUT2D eigenvalue weighted by Crippen LogP contribution is -2.16. The molecule has 0 aliphatic rings. The molecule has 3 nitrogen and oxygen atoms in total. The maximum Gasteiger partial charge on any atom is 0.490 e. The fourth-order valence-electron chi connectivity index (χ4n) is 2.27. The molecular formula is C17H13F3N2O. The van der Waals surface area contributed by atoms with Crippen molar-refractivity contribution in [1.82, 2.24) is 9.55 Å². The van der Waals surface area contributed by atoms with Gasteiger partial charge in [-0.3, -0.25) is 0 Å². The number of methoxy groups -OCH3 is 1. The lowest BCUT2D eigenvalue weighted by atomic mass is 10.2. The smallest absolute Gasteiger partial charge is 0.490 e. The monoisotopic (exact) mass is 318 g/mol. The second-order valence-corrected chi connectivity index (χ2v) is 4.88. The number of nitrogens with zero attached hydrogens (tertiary/aromatic N) is 2. The summed E-state index contributed by atoms with van der Waals surface area (Å²) in [7, 11) is 1.50. The maximum absolute atomic E-state index is 13.3. The molecule has 1 aromatic heterocycles. The van der Waals surface area contributed by atoms with E-state index in [-0.39, 0.29) is 16.1 Å². The van der Waals surface area contributed by atoms with E-state index in [1.54, 1.807) is 54.6 Å². The van der Waals surface area contributed by atoms with Gasteiger partial charge in [0.2, 0.25) is 0 Å². The third-order valence-corrected chi connectivity index (χ3v) is 3.40. The van der Waals surface area contributed by atoms with Gasteiger partial charge in [0.25, 0.3) is 0 Å². The van der Waals surface area contributed by atoms with Crippen LogP contribution in [0.25, 0.3) is 22.6 Å². The molecule has 0 N–H and O–H groups in total. The normalized spacial score (nSPS) is 11.5. The molecule has 0 unspecified atom stereocenters. The van der Waals surface area contributed by atoms with Gasteiger partial charge in [-0.05, 0) is 24.3 Å². The summed E-state index contributed by atoms with van der Waals surface area (Å²) in [4.78, 5) is 4.17. The van der Waals surface area contributed by atoms with Crippen molar-refractivity contribution in [3.63, 3.8) is 0 Å². The van der Waals surface area contributed by atoms with Gasteiger partial charge in [-0.25, -0.2) is 9.55 Å². The number of halogens is 3. The molecule has 2 aromatic carbocycles. The van der Waals surface area contributed by atoms with Crippen molar-refractivity contribution in [2.24, 2.45) is 0 Å². The molecule has 0 aliphatic heterocycles. The molecule has 0 fully saturated rings. The Bertz CT molecular complexity index is 793. The summed E-state index contributed by atoms with van der Waals surface area (Å²) in [5.74, 6) is 0.418. The van der Waals surface area contributed by atoms with E-state index >= 15 is 0 Å². The van der Waals surface area contributed by atoms with Crippen LogP contribution in [0.4, 0.5) is 13.2 Å². The predicted molar refractivity (Wildman–Crippen MR) is 80.9 cm³/mol. The zero-order chi connectivity index (χ0) is 16.4. The number of aromatic nitrogens is 2. The summed E-state index contributed by atoms with van der Waals surface area (Å²) in [6, 6.07) is 15.1. The van der Waals surface area contributed by atoms with Gasteiger partial charge >= 0.3 is 6.30 Å². The van der Waals surface area contributed by atoms with E-state index in [4.69, 9.17) is 4.74 Å². The fourth-order valence-corrected chi connectivity index (χ4v) is 2.27. The molecule has 0 amide bonds. The van der Waals surface area contributed by atoms with Crippen LogP contribution in [0, 0.1) is 0 Å². The molecule has 0 aliphatic carbocycles. The fraction of sp³-hybridized carbons (Fsp3) is 0.118. The number of rotatable bonds is 3. The van der Waals surface area contributed by atoms with E-state index in [0.29, 0.717) is 16.9 Å². The minimum Gasteiger partial charge on any atom is -0.497 e. The Morgan fingerprint density at radius 3 is 2.13 bits per heavy atom. The number of benzene rings is 2. The van der Waals surface area contributed by atoms with E-state index in [1.807, 2.05) is 0 Å². The predicted octanol–water partition coefficient (Wildman–Crippen LogP) is 4.70. The molecule has 0 bridgehead atoms. The molecular weight excluding hydrogens is 305 g/mol. The molecule has 3 aromatic rings. The Kier molecular flexibility index (Phi) is 3.82. The molecule has 0 saturated carbocycles. The highest BCUT2D eigenvalue weighted by molar-refractivity contribution is 5.65. The van der Waals surface area contributed by atoms with Crippen LogP contribution in [0.15, 0.2) is 60.8 Å². The van der Waals surface area contributed by atoms with Crippen LogP contribution in [0.3, 0.4) is 0 Å². The number of ether oxygens (including phenoxy) is 1. The van der Waals surface area contributed by atoms with Crippen LogP contribution in [0.1, 0.15) is 0 Å². The van der Waals surface area contributed by atoms with Gasteiger partial charge in [0, 0.05) is 17.3 Å². The SMILES string of the molecule is COc1ccc(-c2nc(-c3ccccc3)cn2C(F)(F)F)cc1. The van der Waals surface area contributed by atoms with Crippen molar-refractivity contribution in [2.75, 3.05) is 7.11 Å². The maximum atomic E-state index is 13.3. The van der Waals surface area contributed by atoms with E-state index in [2.05, 4.69) is 4.98 Å².